The lowest BCUT2D eigenvalue weighted by Gasteiger charge is -2.30. The van der Waals surface area contributed by atoms with E-state index in [2.05, 4.69) is 26.3 Å². The molecule has 4 atom stereocenters. The second-order valence-electron chi connectivity index (χ2n) is 10.3. The molecule has 45 heavy (non-hydrogen) atoms. The van der Waals surface area contributed by atoms with Crippen LogP contribution in [0.1, 0.15) is 58.3 Å². The first kappa shape index (κ1) is 38.5. The molecule has 1 aliphatic heterocycles. The molecular formula is C25H44N10O10. The highest BCUT2D eigenvalue weighted by Crippen LogP contribution is 2.11. The van der Waals surface area contributed by atoms with E-state index in [0.717, 1.165) is 0 Å². The van der Waals surface area contributed by atoms with Crippen molar-refractivity contribution in [3.8, 4) is 0 Å². The molecule has 1 fully saturated rings. The smallest absolute Gasteiger partial charge is 0.268 e. The summed E-state index contributed by atoms with van der Waals surface area (Å²) in [5.74, 6) is -3.28. The number of amides is 7. The summed E-state index contributed by atoms with van der Waals surface area (Å²) in [5.41, 5.74) is 10.6. The average molecular weight is 645 g/mol. The molecule has 0 aromatic rings. The molecule has 0 radical (unpaired) electrons. The van der Waals surface area contributed by atoms with Crippen molar-refractivity contribution >= 4 is 48.3 Å². The van der Waals surface area contributed by atoms with Gasteiger partial charge in [-0.1, -0.05) is 0 Å². The zero-order valence-electron chi connectivity index (χ0n) is 25.1. The molecule has 254 valence electrons. The fourth-order valence-corrected chi connectivity index (χ4v) is 4.39. The first-order valence-corrected chi connectivity index (χ1v) is 14.3. The van der Waals surface area contributed by atoms with Crippen LogP contribution in [-0.4, -0.2) is 129 Å². The van der Waals surface area contributed by atoms with Crippen LogP contribution < -0.4 is 32.7 Å². The number of carbonyl (C=O) groups excluding carboxylic acids is 7. The summed E-state index contributed by atoms with van der Waals surface area (Å²) in [5, 5.41) is 40.2. The van der Waals surface area contributed by atoms with Gasteiger partial charge < -0.3 is 32.7 Å². The number of hydroxylamine groups is 6. The van der Waals surface area contributed by atoms with Crippen molar-refractivity contribution in [3.63, 3.8) is 0 Å². The van der Waals surface area contributed by atoms with Gasteiger partial charge in [0.2, 0.25) is 36.4 Å². The van der Waals surface area contributed by atoms with Crippen molar-refractivity contribution in [3.05, 3.63) is 0 Å². The van der Waals surface area contributed by atoms with Crippen molar-refractivity contribution in [2.24, 2.45) is 16.5 Å². The Bertz CT molecular complexity index is 1060. The summed E-state index contributed by atoms with van der Waals surface area (Å²) in [7, 11) is 0. The van der Waals surface area contributed by atoms with Crippen molar-refractivity contribution in [2.45, 2.75) is 82.5 Å². The Morgan fingerprint density at radius 3 is 1.87 bits per heavy atom. The monoisotopic (exact) mass is 644 g/mol. The molecule has 1 heterocycles. The maximum absolute atomic E-state index is 13.1. The third-order valence-electron chi connectivity index (χ3n) is 6.64. The highest BCUT2D eigenvalue weighted by atomic mass is 16.5. The number of guanidine groups is 1. The van der Waals surface area contributed by atoms with Gasteiger partial charge in [-0.2, -0.15) is 0 Å². The summed E-state index contributed by atoms with van der Waals surface area (Å²) < 4.78 is 0. The molecule has 0 bridgehead atoms. The maximum Gasteiger partial charge on any atom is 0.268 e. The van der Waals surface area contributed by atoms with Gasteiger partial charge in [0.15, 0.2) is 5.96 Å². The number of aliphatic imine (C=N–C) groups is 1. The highest BCUT2D eigenvalue weighted by Gasteiger charge is 2.34. The fourth-order valence-electron chi connectivity index (χ4n) is 4.39. The van der Waals surface area contributed by atoms with Gasteiger partial charge in [-0.05, 0) is 51.4 Å². The van der Waals surface area contributed by atoms with E-state index >= 15 is 0 Å². The van der Waals surface area contributed by atoms with Gasteiger partial charge in [0.05, 0.1) is 0 Å². The average Bonchev–Trinajstić information content (AvgIpc) is 2.99. The lowest BCUT2D eigenvalue weighted by molar-refractivity contribution is -0.169. The molecular weight excluding hydrogens is 600 g/mol. The van der Waals surface area contributed by atoms with Crippen LogP contribution in [-0.2, 0) is 33.6 Å². The largest absolute Gasteiger partial charge is 0.370 e. The second-order valence-corrected chi connectivity index (χ2v) is 10.3. The first-order chi connectivity index (χ1) is 21.3. The van der Waals surface area contributed by atoms with E-state index in [9.17, 15) is 44.0 Å². The molecule has 1 saturated heterocycles. The third kappa shape index (κ3) is 15.1. The van der Waals surface area contributed by atoms with Gasteiger partial charge in [0.25, 0.3) is 5.91 Å². The van der Waals surface area contributed by atoms with E-state index in [4.69, 9.17) is 16.7 Å². The van der Waals surface area contributed by atoms with Crippen LogP contribution in [0.2, 0.25) is 0 Å². The Morgan fingerprint density at radius 2 is 1.36 bits per heavy atom. The zero-order chi connectivity index (χ0) is 33.9. The minimum absolute atomic E-state index is 0.00410. The van der Waals surface area contributed by atoms with E-state index in [1.54, 1.807) is 0 Å². The van der Waals surface area contributed by atoms with E-state index < -0.39 is 53.7 Å². The quantitative estimate of drug-likeness (QED) is 0.0137. The molecule has 0 aromatic heterocycles. The maximum atomic E-state index is 13.1. The molecule has 11 N–H and O–H groups in total. The fraction of sp³-hybridized carbons (Fsp3) is 0.680. The van der Waals surface area contributed by atoms with Crippen LogP contribution in [0.15, 0.2) is 4.99 Å². The minimum Gasteiger partial charge on any atom is -0.370 e. The highest BCUT2D eigenvalue weighted by molar-refractivity contribution is 5.97. The molecule has 20 heteroatoms. The van der Waals surface area contributed by atoms with Gasteiger partial charge in [-0.15, -0.1) is 0 Å². The zero-order valence-corrected chi connectivity index (χ0v) is 25.1. The summed E-state index contributed by atoms with van der Waals surface area (Å²) in [6.45, 7) is 0.926. The number of hydrogen-bond donors (Lipinski definition) is 9. The Morgan fingerprint density at radius 1 is 0.844 bits per heavy atom. The molecule has 0 saturated carbocycles. The molecule has 7 amide bonds. The topological polar surface area (TPSA) is 302 Å². The lowest BCUT2D eigenvalue weighted by atomic mass is 10.0. The van der Waals surface area contributed by atoms with Crippen molar-refractivity contribution < 1.29 is 49.2 Å². The van der Waals surface area contributed by atoms with Crippen LogP contribution in [0.4, 0.5) is 0 Å². The van der Waals surface area contributed by atoms with E-state index in [0.29, 0.717) is 15.2 Å². The van der Waals surface area contributed by atoms with Crippen molar-refractivity contribution in [2.75, 3.05) is 26.2 Å². The summed E-state index contributed by atoms with van der Waals surface area (Å²) in [6, 6.07) is -4.15. The lowest BCUT2D eigenvalue weighted by Crippen LogP contribution is -2.61. The number of rotatable bonds is 22. The van der Waals surface area contributed by atoms with Gasteiger partial charge in [-0.25, -0.2) is 15.2 Å². The second kappa shape index (κ2) is 20.4. The van der Waals surface area contributed by atoms with Crippen LogP contribution in [0.3, 0.4) is 0 Å². The number of hydrogen-bond acceptors (Lipinski definition) is 11. The Balaban J connectivity index is 2.78. The molecule has 0 unspecified atom stereocenters. The van der Waals surface area contributed by atoms with Gasteiger partial charge in [-0.3, -0.25) is 54.2 Å². The number of piperazine rings is 1. The predicted molar refractivity (Wildman–Crippen MR) is 154 cm³/mol. The third-order valence-corrected chi connectivity index (χ3v) is 6.64. The molecule has 1 rings (SSSR count). The van der Waals surface area contributed by atoms with Crippen LogP contribution in [0, 0.1) is 0 Å². The van der Waals surface area contributed by atoms with E-state index in [-0.39, 0.29) is 96.3 Å². The van der Waals surface area contributed by atoms with E-state index in [1.807, 2.05) is 0 Å². The Labute approximate surface area is 259 Å². The van der Waals surface area contributed by atoms with Gasteiger partial charge in [0.1, 0.15) is 24.2 Å². The van der Waals surface area contributed by atoms with Crippen LogP contribution in [0.25, 0.3) is 0 Å². The Kier molecular flexibility index (Phi) is 17.4. The number of nitrogens with two attached hydrogens (primary N) is 2. The number of nitrogens with one attached hydrogen (secondary N) is 4. The summed E-state index contributed by atoms with van der Waals surface area (Å²) >= 11 is 0. The summed E-state index contributed by atoms with van der Waals surface area (Å²) in [6.07, 6.45) is 1.39. The van der Waals surface area contributed by atoms with Crippen LogP contribution >= 0.6 is 0 Å². The molecule has 0 spiro atoms. The number of carbonyl (C=O) groups is 7. The predicted octanol–water partition coefficient (Wildman–Crippen LogP) is -3.73. The number of nitrogens with zero attached hydrogens (tertiary/aromatic N) is 4. The standard InChI is InChI=1S/C25H44N10O10/c1-16(38)29-17(7-3-11-33(43)14-36)21(39)32-20(6-2-10-28-25(26)27)24(42)35(45)13-5-9-19-23(41)30-18(22(40)31-19)8-4-12-34(44)15-37/h14-15,17-20,43-45H,2-13H2,1H3,(H,29,38)(H,30,41)(H,31,40)(H,32,39)(H4,26,27,28)/t17-,18-,19-,20+/m0/s1. The van der Waals surface area contributed by atoms with Gasteiger partial charge in [0, 0.05) is 33.1 Å². The molecule has 0 aliphatic carbocycles. The molecule has 0 aromatic carbocycles. The minimum atomic E-state index is -1.26. The van der Waals surface area contributed by atoms with Crippen molar-refractivity contribution in [1.82, 2.24) is 36.5 Å². The summed E-state index contributed by atoms with van der Waals surface area (Å²) in [4.78, 5) is 87.6. The Hall–Kier alpha value is -4.56. The normalized spacial score (nSPS) is 17.1. The first-order valence-electron chi connectivity index (χ1n) is 14.3. The van der Waals surface area contributed by atoms with E-state index in [1.165, 1.54) is 6.92 Å². The molecule has 20 nitrogen and oxygen atoms in total. The van der Waals surface area contributed by atoms with Crippen LogP contribution in [0.5, 0.6) is 0 Å². The molecule has 1 aliphatic rings. The van der Waals surface area contributed by atoms with Crippen molar-refractivity contribution in [1.29, 1.82) is 0 Å². The SMILES string of the molecule is CC(=O)N[C@@H](CCCN(O)C=O)C(=O)N[C@H](CCCN=C(N)N)C(=O)N(O)CCC[C@@H]1NC(=O)[C@H](CCCN(O)C=O)NC1=O. The van der Waals surface area contributed by atoms with Gasteiger partial charge >= 0.3 is 0 Å².